The first-order chi connectivity index (χ1) is 15.4. The van der Waals surface area contributed by atoms with Gasteiger partial charge in [-0.25, -0.2) is 0 Å². The molecule has 172 valence electrons. The van der Waals surface area contributed by atoms with Crippen LogP contribution in [0.5, 0.6) is 5.75 Å². The van der Waals surface area contributed by atoms with E-state index in [1.165, 1.54) is 0 Å². The quantitative estimate of drug-likeness (QED) is 0.556. The minimum atomic E-state index is -0.900. The standard InChI is InChI=1S/C24H29IN2O5/c1-17(29)26-9-11-27(12-10-26)20-4-6-21(7-5-20)30-15-22-16-31-24(2,32-22)23-8-3-19(25)13-18(23)14-28/h3-8,13,22,28H,9-12,14-16H2,1-2H3. The molecule has 2 aromatic carbocycles. The zero-order chi connectivity index (χ0) is 22.7. The highest BCUT2D eigenvalue weighted by atomic mass is 127. The number of carbonyl (C=O) groups excluding carboxylic acids is 1. The molecular weight excluding hydrogens is 523 g/mol. The summed E-state index contributed by atoms with van der Waals surface area (Å²) in [7, 11) is 0. The molecule has 2 atom stereocenters. The molecular formula is C24H29IN2O5. The molecule has 0 aliphatic carbocycles. The van der Waals surface area contributed by atoms with Gasteiger partial charge in [0.05, 0.1) is 13.2 Å². The molecule has 0 radical (unpaired) electrons. The Balaban J connectivity index is 1.31. The SMILES string of the molecule is CC(=O)N1CCN(c2ccc(OCC3COC(C)(c4ccc(I)cc4CO)O3)cc2)CC1. The van der Waals surface area contributed by atoms with E-state index < -0.39 is 5.79 Å². The van der Waals surface area contributed by atoms with Gasteiger partial charge in [0.25, 0.3) is 0 Å². The minimum Gasteiger partial charge on any atom is -0.491 e. The van der Waals surface area contributed by atoms with E-state index >= 15 is 0 Å². The fourth-order valence-electron chi connectivity index (χ4n) is 4.22. The van der Waals surface area contributed by atoms with Gasteiger partial charge in [0.1, 0.15) is 18.5 Å². The van der Waals surface area contributed by atoms with Crippen LogP contribution in [0.15, 0.2) is 42.5 Å². The van der Waals surface area contributed by atoms with Crippen LogP contribution >= 0.6 is 22.6 Å². The minimum absolute atomic E-state index is 0.0637. The van der Waals surface area contributed by atoms with Gasteiger partial charge in [0.15, 0.2) is 5.79 Å². The summed E-state index contributed by atoms with van der Waals surface area (Å²) in [4.78, 5) is 15.7. The maximum Gasteiger partial charge on any atom is 0.219 e. The molecule has 32 heavy (non-hydrogen) atoms. The van der Waals surface area contributed by atoms with Crippen molar-refractivity contribution < 1.29 is 24.1 Å². The van der Waals surface area contributed by atoms with Gasteiger partial charge in [-0.1, -0.05) is 6.07 Å². The van der Waals surface area contributed by atoms with Gasteiger partial charge < -0.3 is 29.1 Å². The second-order valence-electron chi connectivity index (χ2n) is 8.25. The highest BCUT2D eigenvalue weighted by molar-refractivity contribution is 14.1. The first-order valence-electron chi connectivity index (χ1n) is 10.8. The number of hydrogen-bond acceptors (Lipinski definition) is 6. The summed E-state index contributed by atoms with van der Waals surface area (Å²) in [6.45, 7) is 7.42. The van der Waals surface area contributed by atoms with Gasteiger partial charge in [-0.2, -0.15) is 0 Å². The molecule has 0 aromatic heterocycles. The number of carbonyl (C=O) groups is 1. The number of benzene rings is 2. The number of rotatable bonds is 6. The topological polar surface area (TPSA) is 71.5 Å². The van der Waals surface area contributed by atoms with Gasteiger partial charge in [-0.3, -0.25) is 4.79 Å². The van der Waals surface area contributed by atoms with Gasteiger partial charge in [0.2, 0.25) is 5.91 Å². The van der Waals surface area contributed by atoms with Gasteiger partial charge in [-0.05, 0) is 71.5 Å². The van der Waals surface area contributed by atoms with Crippen LogP contribution in [0.3, 0.4) is 0 Å². The predicted octanol–water partition coefficient (Wildman–Crippen LogP) is 3.12. The molecule has 2 aliphatic heterocycles. The molecule has 4 rings (SSSR count). The third kappa shape index (κ3) is 5.19. The molecule has 2 unspecified atom stereocenters. The molecule has 2 heterocycles. The van der Waals surface area contributed by atoms with Crippen molar-refractivity contribution in [3.05, 3.63) is 57.2 Å². The molecule has 1 amide bonds. The Labute approximate surface area is 202 Å². The van der Waals surface area contributed by atoms with Gasteiger partial charge in [0, 0.05) is 47.9 Å². The van der Waals surface area contributed by atoms with Crippen molar-refractivity contribution in [1.82, 2.24) is 4.90 Å². The van der Waals surface area contributed by atoms with E-state index in [4.69, 9.17) is 14.2 Å². The lowest BCUT2D eigenvalue weighted by Crippen LogP contribution is -2.48. The van der Waals surface area contributed by atoms with E-state index in [2.05, 4.69) is 27.5 Å². The maximum absolute atomic E-state index is 11.5. The Bertz CT molecular complexity index is 946. The zero-order valence-electron chi connectivity index (χ0n) is 18.4. The van der Waals surface area contributed by atoms with E-state index in [1.54, 1.807) is 6.92 Å². The van der Waals surface area contributed by atoms with E-state index in [1.807, 2.05) is 54.3 Å². The van der Waals surface area contributed by atoms with E-state index in [-0.39, 0.29) is 18.6 Å². The molecule has 2 aliphatic rings. The Morgan fingerprint density at radius 3 is 2.56 bits per heavy atom. The summed E-state index contributed by atoms with van der Waals surface area (Å²) < 4.78 is 19.2. The van der Waals surface area contributed by atoms with E-state index in [9.17, 15) is 9.90 Å². The normalized spacial score (nSPS) is 23.4. The van der Waals surface area contributed by atoms with Crippen LogP contribution in [0, 0.1) is 3.57 Å². The average molecular weight is 552 g/mol. The van der Waals surface area contributed by atoms with Crippen LogP contribution in [0.4, 0.5) is 5.69 Å². The fourth-order valence-corrected chi connectivity index (χ4v) is 4.78. The monoisotopic (exact) mass is 552 g/mol. The van der Waals surface area contributed by atoms with Gasteiger partial charge in [-0.15, -0.1) is 0 Å². The van der Waals surface area contributed by atoms with Crippen molar-refractivity contribution in [2.24, 2.45) is 0 Å². The smallest absolute Gasteiger partial charge is 0.219 e. The van der Waals surface area contributed by atoms with E-state index in [0.29, 0.717) is 13.2 Å². The van der Waals surface area contributed by atoms with Crippen LogP contribution in [-0.2, 0) is 26.7 Å². The first kappa shape index (κ1) is 23.3. The molecule has 2 fully saturated rings. The number of aliphatic hydroxyl groups excluding tert-OH is 1. The number of amides is 1. The van der Waals surface area contributed by atoms with E-state index in [0.717, 1.165) is 52.3 Å². The molecule has 8 heteroatoms. The van der Waals surface area contributed by atoms with Crippen molar-refractivity contribution in [3.63, 3.8) is 0 Å². The van der Waals surface area contributed by atoms with Crippen LogP contribution in [0.25, 0.3) is 0 Å². The Hall–Kier alpha value is -1.88. The Kier molecular flexibility index (Phi) is 7.24. The van der Waals surface area contributed by atoms with Crippen LogP contribution < -0.4 is 9.64 Å². The summed E-state index contributed by atoms with van der Waals surface area (Å²) in [5.74, 6) is 0.0123. The maximum atomic E-state index is 11.5. The van der Waals surface area contributed by atoms with Crippen molar-refractivity contribution in [2.45, 2.75) is 32.3 Å². The summed E-state index contributed by atoms with van der Waals surface area (Å²) in [5, 5.41) is 9.73. The van der Waals surface area contributed by atoms with Gasteiger partial charge >= 0.3 is 0 Å². The van der Waals surface area contributed by atoms with Crippen LogP contribution in [-0.4, -0.2) is 61.4 Å². The lowest BCUT2D eigenvalue weighted by Gasteiger charge is -2.35. The number of anilines is 1. The third-order valence-electron chi connectivity index (χ3n) is 6.03. The second kappa shape index (κ2) is 9.94. The highest BCUT2D eigenvalue weighted by Gasteiger charge is 2.40. The molecule has 7 nitrogen and oxygen atoms in total. The largest absolute Gasteiger partial charge is 0.491 e. The average Bonchev–Trinajstić information content (AvgIpc) is 3.19. The first-order valence-corrected chi connectivity index (χ1v) is 11.9. The summed E-state index contributed by atoms with van der Waals surface area (Å²) >= 11 is 2.23. The number of nitrogens with zero attached hydrogens (tertiary/aromatic N) is 2. The molecule has 2 aromatic rings. The highest BCUT2D eigenvalue weighted by Crippen LogP contribution is 2.36. The number of aliphatic hydroxyl groups is 1. The summed E-state index contributed by atoms with van der Waals surface area (Å²) in [6, 6.07) is 13.9. The second-order valence-corrected chi connectivity index (χ2v) is 9.50. The van der Waals surface area contributed by atoms with Crippen molar-refractivity contribution in [3.8, 4) is 5.75 Å². The predicted molar refractivity (Wildman–Crippen MR) is 130 cm³/mol. The molecule has 0 bridgehead atoms. The fraction of sp³-hybridized carbons (Fsp3) is 0.458. The number of ether oxygens (including phenoxy) is 3. The van der Waals surface area contributed by atoms with Crippen molar-refractivity contribution >= 4 is 34.2 Å². The summed E-state index contributed by atoms with van der Waals surface area (Å²) in [6.07, 6.45) is -0.204. The molecule has 0 saturated carbocycles. The summed E-state index contributed by atoms with van der Waals surface area (Å²) in [5.41, 5.74) is 2.78. The Morgan fingerprint density at radius 2 is 1.91 bits per heavy atom. The number of hydrogen-bond donors (Lipinski definition) is 1. The Morgan fingerprint density at radius 1 is 1.19 bits per heavy atom. The zero-order valence-corrected chi connectivity index (χ0v) is 20.6. The molecule has 1 N–H and O–H groups in total. The molecule has 2 saturated heterocycles. The number of piperazine rings is 1. The lowest BCUT2D eigenvalue weighted by atomic mass is 10.0. The van der Waals surface area contributed by atoms with Crippen molar-refractivity contribution in [1.29, 1.82) is 0 Å². The third-order valence-corrected chi connectivity index (χ3v) is 6.70. The van der Waals surface area contributed by atoms with Crippen LogP contribution in [0.2, 0.25) is 0 Å². The van der Waals surface area contributed by atoms with Crippen molar-refractivity contribution in [2.75, 3.05) is 44.3 Å². The molecule has 0 spiro atoms. The van der Waals surface area contributed by atoms with Crippen LogP contribution in [0.1, 0.15) is 25.0 Å². The lowest BCUT2D eigenvalue weighted by molar-refractivity contribution is -0.165. The number of halogens is 1.